The van der Waals surface area contributed by atoms with E-state index in [1.54, 1.807) is 0 Å². The third-order valence-electron chi connectivity index (χ3n) is 2.77. The van der Waals surface area contributed by atoms with Gasteiger partial charge in [-0.25, -0.2) is 9.78 Å². The molecule has 3 nitrogen and oxygen atoms in total. The quantitative estimate of drug-likeness (QED) is 0.615. The average Bonchev–Trinajstić information content (AvgIpc) is 2.45. The molecule has 0 fully saturated rings. The zero-order valence-electron chi connectivity index (χ0n) is 10.7. The number of aromatic nitrogens is 1. The maximum Gasteiger partial charge on any atom is 0.416 e. The molecule has 0 amide bonds. The van der Waals surface area contributed by atoms with Gasteiger partial charge in [0.05, 0.1) is 12.7 Å². The van der Waals surface area contributed by atoms with E-state index in [-0.39, 0.29) is 10.8 Å². The normalized spacial score (nSPS) is 11.3. The molecular formula is C14H9ClF3NO2. The maximum absolute atomic E-state index is 12.5. The van der Waals surface area contributed by atoms with Crippen LogP contribution in [-0.4, -0.2) is 18.1 Å². The molecule has 0 bridgehead atoms. The number of carbonyl (C=O) groups is 1. The van der Waals surface area contributed by atoms with Crippen molar-refractivity contribution in [3.63, 3.8) is 0 Å². The number of nitrogens with zero attached hydrogens (tertiary/aromatic N) is 1. The fourth-order valence-electron chi connectivity index (χ4n) is 1.71. The van der Waals surface area contributed by atoms with Gasteiger partial charge in [-0.15, -0.1) is 0 Å². The van der Waals surface area contributed by atoms with Gasteiger partial charge in [0.15, 0.2) is 0 Å². The monoisotopic (exact) mass is 315 g/mol. The highest BCUT2D eigenvalue weighted by Gasteiger charge is 2.30. The van der Waals surface area contributed by atoms with E-state index in [4.69, 9.17) is 11.6 Å². The van der Waals surface area contributed by atoms with Crippen LogP contribution in [0.2, 0.25) is 5.15 Å². The first-order valence-electron chi connectivity index (χ1n) is 5.75. The summed E-state index contributed by atoms with van der Waals surface area (Å²) in [5.41, 5.74) is 0.176. The van der Waals surface area contributed by atoms with Crippen LogP contribution in [0.25, 0.3) is 11.1 Å². The lowest BCUT2D eigenvalue weighted by molar-refractivity contribution is -0.137. The molecular weight excluding hydrogens is 307 g/mol. The Hall–Kier alpha value is -2.08. The van der Waals surface area contributed by atoms with Crippen LogP contribution in [-0.2, 0) is 10.9 Å². The van der Waals surface area contributed by atoms with Crippen LogP contribution in [0.5, 0.6) is 0 Å². The van der Waals surface area contributed by atoms with Crippen LogP contribution in [0.1, 0.15) is 16.1 Å². The van der Waals surface area contributed by atoms with Crippen molar-refractivity contribution in [1.29, 1.82) is 0 Å². The molecule has 0 saturated heterocycles. The highest BCUT2D eigenvalue weighted by atomic mass is 35.5. The highest BCUT2D eigenvalue weighted by Crippen LogP contribution is 2.32. The molecule has 110 valence electrons. The van der Waals surface area contributed by atoms with Crippen molar-refractivity contribution in [1.82, 2.24) is 4.98 Å². The number of halogens is 4. The number of hydrogen-bond donors (Lipinski definition) is 0. The van der Waals surface area contributed by atoms with E-state index >= 15 is 0 Å². The molecule has 0 atom stereocenters. The van der Waals surface area contributed by atoms with Gasteiger partial charge in [-0.2, -0.15) is 13.2 Å². The van der Waals surface area contributed by atoms with E-state index < -0.39 is 17.7 Å². The van der Waals surface area contributed by atoms with E-state index in [2.05, 4.69) is 9.72 Å². The fourth-order valence-corrected chi connectivity index (χ4v) is 1.97. The van der Waals surface area contributed by atoms with E-state index in [0.29, 0.717) is 11.1 Å². The predicted molar refractivity (Wildman–Crippen MR) is 71.0 cm³/mol. The molecule has 0 aliphatic heterocycles. The highest BCUT2D eigenvalue weighted by molar-refractivity contribution is 6.32. The number of hydrogen-bond acceptors (Lipinski definition) is 3. The average molecular weight is 316 g/mol. The second-order valence-electron chi connectivity index (χ2n) is 4.10. The summed E-state index contributed by atoms with van der Waals surface area (Å²) >= 11 is 5.95. The first-order chi connectivity index (χ1) is 9.82. The Morgan fingerprint density at radius 3 is 2.24 bits per heavy atom. The van der Waals surface area contributed by atoms with Crippen molar-refractivity contribution in [3.05, 3.63) is 52.8 Å². The minimum atomic E-state index is -4.39. The Labute approximate surface area is 123 Å². The summed E-state index contributed by atoms with van der Waals surface area (Å²) < 4.78 is 42.0. The van der Waals surface area contributed by atoms with E-state index in [1.807, 2.05) is 0 Å². The Kier molecular flexibility index (Phi) is 4.18. The number of pyridine rings is 1. The summed E-state index contributed by atoms with van der Waals surface area (Å²) in [7, 11) is 1.21. The second kappa shape index (κ2) is 5.73. The molecule has 0 radical (unpaired) electrons. The molecule has 1 heterocycles. The number of ether oxygens (including phenoxy) is 1. The zero-order chi connectivity index (χ0) is 15.6. The third kappa shape index (κ3) is 3.33. The van der Waals surface area contributed by atoms with Gasteiger partial charge >= 0.3 is 12.1 Å². The van der Waals surface area contributed by atoms with Crippen LogP contribution in [0.3, 0.4) is 0 Å². The molecule has 21 heavy (non-hydrogen) atoms. The van der Waals surface area contributed by atoms with Crippen LogP contribution < -0.4 is 0 Å². The third-order valence-corrected chi connectivity index (χ3v) is 3.05. The van der Waals surface area contributed by atoms with Crippen LogP contribution in [0, 0.1) is 0 Å². The lowest BCUT2D eigenvalue weighted by Crippen LogP contribution is -2.05. The zero-order valence-corrected chi connectivity index (χ0v) is 11.5. The van der Waals surface area contributed by atoms with Crippen molar-refractivity contribution in [2.24, 2.45) is 0 Å². The largest absolute Gasteiger partial charge is 0.464 e. The summed E-state index contributed by atoms with van der Waals surface area (Å²) in [5, 5.41) is 0.0117. The van der Waals surface area contributed by atoms with Crippen molar-refractivity contribution < 1.29 is 22.7 Å². The lowest BCUT2D eigenvalue weighted by Gasteiger charge is -2.09. The van der Waals surface area contributed by atoms with Gasteiger partial charge in [0.1, 0.15) is 10.8 Å². The second-order valence-corrected chi connectivity index (χ2v) is 4.46. The number of carbonyl (C=O) groups excluding carboxylic acids is 1. The van der Waals surface area contributed by atoms with Crippen molar-refractivity contribution >= 4 is 17.6 Å². The molecule has 2 aromatic rings. The Bertz CT molecular complexity index is 669. The Balaban J connectivity index is 2.36. The molecule has 0 aliphatic rings. The van der Waals surface area contributed by atoms with Crippen molar-refractivity contribution in [3.8, 4) is 11.1 Å². The molecule has 0 unspecified atom stereocenters. The molecule has 1 aromatic heterocycles. The van der Waals surface area contributed by atoms with E-state index in [1.165, 1.54) is 31.4 Å². The summed E-state index contributed by atoms with van der Waals surface area (Å²) in [4.78, 5) is 15.2. The molecule has 7 heteroatoms. The SMILES string of the molecule is COC(=O)c1ccc(-c2ccc(C(F)(F)F)cc2)c(Cl)n1. The van der Waals surface area contributed by atoms with Gasteiger partial charge < -0.3 is 4.74 Å². The summed E-state index contributed by atoms with van der Waals surface area (Å²) in [6, 6.07) is 7.40. The number of alkyl halides is 3. The van der Waals surface area contributed by atoms with Gasteiger partial charge in [-0.3, -0.25) is 0 Å². The summed E-state index contributed by atoms with van der Waals surface area (Å²) in [6.45, 7) is 0. The fraction of sp³-hybridized carbons (Fsp3) is 0.143. The smallest absolute Gasteiger partial charge is 0.416 e. The van der Waals surface area contributed by atoms with Gasteiger partial charge in [-0.1, -0.05) is 23.7 Å². The number of methoxy groups -OCH3 is 1. The van der Waals surface area contributed by atoms with Gasteiger partial charge in [0.2, 0.25) is 0 Å². The Morgan fingerprint density at radius 2 is 1.76 bits per heavy atom. The maximum atomic E-state index is 12.5. The minimum Gasteiger partial charge on any atom is -0.464 e. The lowest BCUT2D eigenvalue weighted by atomic mass is 10.1. The van der Waals surface area contributed by atoms with Crippen LogP contribution in [0.4, 0.5) is 13.2 Å². The molecule has 0 spiro atoms. The minimum absolute atomic E-state index is 0.0117. The standard InChI is InChI=1S/C14H9ClF3NO2/c1-21-13(20)11-7-6-10(12(15)19-11)8-2-4-9(5-3-8)14(16,17)18/h2-7H,1H3. The molecule has 0 saturated carbocycles. The number of esters is 1. The summed E-state index contributed by atoms with van der Waals surface area (Å²) in [6.07, 6.45) is -4.39. The molecule has 1 aromatic carbocycles. The van der Waals surface area contributed by atoms with E-state index in [9.17, 15) is 18.0 Å². The molecule has 0 N–H and O–H groups in total. The predicted octanol–water partition coefficient (Wildman–Crippen LogP) is 4.21. The number of benzene rings is 1. The summed E-state index contributed by atoms with van der Waals surface area (Å²) in [5.74, 6) is -0.643. The van der Waals surface area contributed by atoms with Gasteiger partial charge in [0, 0.05) is 5.56 Å². The van der Waals surface area contributed by atoms with E-state index in [0.717, 1.165) is 12.1 Å². The van der Waals surface area contributed by atoms with Crippen LogP contribution in [0.15, 0.2) is 36.4 Å². The first kappa shape index (κ1) is 15.3. The van der Waals surface area contributed by atoms with Gasteiger partial charge in [-0.05, 0) is 29.8 Å². The first-order valence-corrected chi connectivity index (χ1v) is 6.13. The van der Waals surface area contributed by atoms with Crippen molar-refractivity contribution in [2.45, 2.75) is 6.18 Å². The topological polar surface area (TPSA) is 39.2 Å². The molecule has 0 aliphatic carbocycles. The Morgan fingerprint density at radius 1 is 1.14 bits per heavy atom. The van der Waals surface area contributed by atoms with Gasteiger partial charge in [0.25, 0.3) is 0 Å². The van der Waals surface area contributed by atoms with Crippen LogP contribution >= 0.6 is 11.6 Å². The molecule has 2 rings (SSSR count). The van der Waals surface area contributed by atoms with Crippen molar-refractivity contribution in [2.75, 3.05) is 7.11 Å². The number of rotatable bonds is 2.